The van der Waals surface area contributed by atoms with Crippen LogP contribution in [-0.4, -0.2) is 78.3 Å². The number of hydrogen-bond donors (Lipinski definition) is 2. The highest BCUT2D eigenvalue weighted by atomic mass is 35.5. The van der Waals surface area contributed by atoms with E-state index in [-0.39, 0.29) is 4.90 Å². The molecule has 0 radical (unpaired) electrons. The number of aliphatic carboxylic acids is 1. The number of imide groups is 1. The molecule has 1 saturated heterocycles. The molecule has 32 heavy (non-hydrogen) atoms. The van der Waals surface area contributed by atoms with Gasteiger partial charge in [0.25, 0.3) is 5.91 Å². The molecule has 1 heterocycles. The zero-order valence-corrected chi connectivity index (χ0v) is 18.6. The Morgan fingerprint density at radius 3 is 2.09 bits per heavy atom. The Kier molecular flexibility index (Phi) is 6.87. The third-order valence-corrected chi connectivity index (χ3v) is 7.36. The second-order valence-electron chi connectivity index (χ2n) is 7.38. The maximum Gasteiger partial charge on any atom is 0.327 e. The van der Waals surface area contributed by atoms with Crippen LogP contribution in [0.25, 0.3) is 11.1 Å². The van der Waals surface area contributed by atoms with Crippen LogP contribution >= 0.6 is 11.6 Å². The summed E-state index contributed by atoms with van der Waals surface area (Å²) in [6, 6.07) is 10.9. The van der Waals surface area contributed by atoms with E-state index in [1.54, 1.807) is 36.4 Å². The number of aliphatic hydroxyl groups excluding tert-OH is 1. The van der Waals surface area contributed by atoms with Gasteiger partial charge in [0.05, 0.1) is 23.2 Å². The van der Waals surface area contributed by atoms with Crippen molar-refractivity contribution in [3.63, 3.8) is 0 Å². The first-order valence-corrected chi connectivity index (χ1v) is 11.6. The number of amides is 3. The number of carbonyl (C=O) groups excluding carboxylic acids is 2. The number of sulfone groups is 1. The zero-order valence-electron chi connectivity index (χ0n) is 17.0. The first-order valence-electron chi connectivity index (χ1n) is 9.55. The van der Waals surface area contributed by atoms with E-state index in [4.69, 9.17) is 11.6 Å². The Morgan fingerprint density at radius 1 is 1.06 bits per heavy atom. The van der Waals surface area contributed by atoms with Crippen LogP contribution < -0.4 is 0 Å². The van der Waals surface area contributed by atoms with Crippen LogP contribution in [0.1, 0.15) is 0 Å². The third-order valence-electron chi connectivity index (χ3n) is 5.28. The molecule has 3 amide bonds. The number of likely N-dealkylation sites (N-methyl/N-ethyl adjacent to an activating group) is 1. The summed E-state index contributed by atoms with van der Waals surface area (Å²) >= 11 is 5.88. The standard InChI is InChI=1S/C21H21ClN2O7S/c1-23-19(26)18(11-25)24(21(23)29)10-15(20(27)28)12-32(30,31)17-8-4-14(5-9-17)13-2-6-16(22)7-3-13/h2-9,15,18,25H,10-12H2,1H3,(H,27,28). The van der Waals surface area contributed by atoms with Crippen molar-refractivity contribution in [1.29, 1.82) is 0 Å². The number of aliphatic hydroxyl groups is 1. The minimum atomic E-state index is -4.02. The normalized spacial score (nSPS) is 17.7. The zero-order chi connectivity index (χ0) is 23.6. The quantitative estimate of drug-likeness (QED) is 0.550. The van der Waals surface area contributed by atoms with Gasteiger partial charge in [0.15, 0.2) is 9.84 Å². The van der Waals surface area contributed by atoms with Crippen molar-refractivity contribution in [2.24, 2.45) is 5.92 Å². The Labute approximate surface area is 189 Å². The lowest BCUT2D eigenvalue weighted by atomic mass is 10.1. The van der Waals surface area contributed by atoms with Gasteiger partial charge in [0.2, 0.25) is 0 Å². The average molecular weight is 481 g/mol. The van der Waals surface area contributed by atoms with Crippen LogP contribution in [0.5, 0.6) is 0 Å². The molecule has 2 aromatic carbocycles. The highest BCUT2D eigenvalue weighted by molar-refractivity contribution is 7.91. The summed E-state index contributed by atoms with van der Waals surface area (Å²) in [6.45, 7) is -1.22. The number of benzene rings is 2. The Hall–Kier alpha value is -2.95. The van der Waals surface area contributed by atoms with Crippen molar-refractivity contribution in [2.75, 3.05) is 26.0 Å². The fourth-order valence-electron chi connectivity index (χ4n) is 3.46. The molecule has 9 nitrogen and oxygen atoms in total. The predicted octanol–water partition coefficient (Wildman–Crippen LogP) is 1.74. The summed E-state index contributed by atoms with van der Waals surface area (Å²) in [5.41, 5.74) is 1.59. The SMILES string of the molecule is CN1C(=O)C(CO)N(CC(CS(=O)(=O)c2ccc(-c3ccc(Cl)cc3)cc2)C(=O)O)C1=O. The maximum absolute atomic E-state index is 12.9. The molecule has 0 bridgehead atoms. The number of rotatable bonds is 8. The summed E-state index contributed by atoms with van der Waals surface area (Å²) in [4.78, 5) is 37.6. The van der Waals surface area contributed by atoms with E-state index >= 15 is 0 Å². The predicted molar refractivity (Wildman–Crippen MR) is 116 cm³/mol. The van der Waals surface area contributed by atoms with Crippen molar-refractivity contribution in [2.45, 2.75) is 10.9 Å². The molecule has 11 heteroatoms. The van der Waals surface area contributed by atoms with E-state index in [1.807, 2.05) is 0 Å². The van der Waals surface area contributed by atoms with Gasteiger partial charge in [-0.2, -0.15) is 0 Å². The highest BCUT2D eigenvalue weighted by Gasteiger charge is 2.44. The second kappa shape index (κ2) is 9.27. The molecule has 2 unspecified atom stereocenters. The van der Waals surface area contributed by atoms with Crippen molar-refractivity contribution in [3.8, 4) is 11.1 Å². The van der Waals surface area contributed by atoms with E-state index in [9.17, 15) is 33.0 Å². The molecule has 0 spiro atoms. The minimum Gasteiger partial charge on any atom is -0.481 e. The lowest BCUT2D eigenvalue weighted by molar-refractivity contribution is -0.142. The molecule has 0 saturated carbocycles. The third kappa shape index (κ3) is 4.77. The number of urea groups is 1. The monoisotopic (exact) mass is 480 g/mol. The number of halogens is 1. The average Bonchev–Trinajstić information content (AvgIpc) is 2.96. The van der Waals surface area contributed by atoms with Gasteiger partial charge >= 0.3 is 12.0 Å². The van der Waals surface area contributed by atoms with Crippen LogP contribution in [0.2, 0.25) is 5.02 Å². The molecule has 2 aromatic rings. The van der Waals surface area contributed by atoms with Crippen molar-refractivity contribution >= 4 is 39.3 Å². The van der Waals surface area contributed by atoms with Crippen LogP contribution in [0.15, 0.2) is 53.4 Å². The van der Waals surface area contributed by atoms with E-state index < -0.39 is 58.6 Å². The smallest absolute Gasteiger partial charge is 0.327 e. The first kappa shape index (κ1) is 23.7. The molecule has 1 fully saturated rings. The number of nitrogens with zero attached hydrogens (tertiary/aromatic N) is 2. The summed E-state index contributed by atoms with van der Waals surface area (Å²) in [6.07, 6.45) is 0. The van der Waals surface area contributed by atoms with Gasteiger partial charge in [-0.1, -0.05) is 35.9 Å². The van der Waals surface area contributed by atoms with Gasteiger partial charge in [-0.05, 0) is 35.4 Å². The van der Waals surface area contributed by atoms with Gasteiger partial charge < -0.3 is 15.1 Å². The molecular formula is C21H21ClN2O7S. The molecule has 2 atom stereocenters. The summed E-state index contributed by atoms with van der Waals surface area (Å²) in [5, 5.41) is 19.6. The van der Waals surface area contributed by atoms with Crippen LogP contribution in [0, 0.1) is 5.92 Å². The number of carbonyl (C=O) groups is 3. The van der Waals surface area contributed by atoms with E-state index in [0.29, 0.717) is 5.02 Å². The van der Waals surface area contributed by atoms with Crippen LogP contribution in [0.4, 0.5) is 4.79 Å². The van der Waals surface area contributed by atoms with Gasteiger partial charge in [-0.3, -0.25) is 14.5 Å². The van der Waals surface area contributed by atoms with E-state index in [2.05, 4.69) is 0 Å². The number of carboxylic acids is 1. The molecule has 3 rings (SSSR count). The molecular weight excluding hydrogens is 460 g/mol. The Morgan fingerprint density at radius 2 is 1.59 bits per heavy atom. The van der Waals surface area contributed by atoms with Gasteiger partial charge in [-0.15, -0.1) is 0 Å². The number of hydrogen-bond acceptors (Lipinski definition) is 6. The molecule has 2 N–H and O–H groups in total. The summed E-state index contributed by atoms with van der Waals surface area (Å²) in [5.74, 6) is -4.38. The lowest BCUT2D eigenvalue weighted by Gasteiger charge is -2.24. The highest BCUT2D eigenvalue weighted by Crippen LogP contribution is 2.25. The van der Waals surface area contributed by atoms with Gasteiger partial charge in [-0.25, -0.2) is 13.2 Å². The fraction of sp³-hybridized carbons (Fsp3) is 0.286. The molecule has 0 aromatic heterocycles. The second-order valence-corrected chi connectivity index (χ2v) is 9.85. The Balaban J connectivity index is 1.79. The molecule has 1 aliphatic rings. The van der Waals surface area contributed by atoms with Gasteiger partial charge in [0, 0.05) is 18.6 Å². The first-order chi connectivity index (χ1) is 15.0. The fourth-order valence-corrected chi connectivity index (χ4v) is 5.10. The minimum absolute atomic E-state index is 0.0684. The molecule has 0 aliphatic carbocycles. The maximum atomic E-state index is 12.9. The van der Waals surface area contributed by atoms with Crippen molar-refractivity contribution in [1.82, 2.24) is 9.80 Å². The van der Waals surface area contributed by atoms with E-state index in [1.165, 1.54) is 19.2 Å². The van der Waals surface area contributed by atoms with E-state index in [0.717, 1.165) is 20.9 Å². The Bertz CT molecular complexity index is 1130. The topological polar surface area (TPSA) is 132 Å². The van der Waals surface area contributed by atoms with Crippen LogP contribution in [0.3, 0.4) is 0 Å². The number of carboxylic acid groups (broad SMARTS) is 1. The molecule has 170 valence electrons. The summed E-state index contributed by atoms with van der Waals surface area (Å²) in [7, 11) is -2.81. The largest absolute Gasteiger partial charge is 0.481 e. The van der Waals surface area contributed by atoms with Crippen molar-refractivity contribution in [3.05, 3.63) is 53.6 Å². The van der Waals surface area contributed by atoms with Crippen molar-refractivity contribution < 1.29 is 33.0 Å². The lowest BCUT2D eigenvalue weighted by Crippen LogP contribution is -2.44. The molecule has 1 aliphatic heterocycles. The summed E-state index contributed by atoms with van der Waals surface area (Å²) < 4.78 is 25.7. The van der Waals surface area contributed by atoms with Crippen LogP contribution in [-0.2, 0) is 19.4 Å². The van der Waals surface area contributed by atoms with Gasteiger partial charge in [0.1, 0.15) is 6.04 Å².